The number of nitrogens with two attached hydrogens (primary N) is 1. The smallest absolute Gasteiger partial charge is 0.250 e. The van der Waals surface area contributed by atoms with Gasteiger partial charge in [-0.1, -0.05) is 0 Å². The van der Waals surface area contributed by atoms with E-state index in [1.807, 2.05) is 6.92 Å². The van der Waals surface area contributed by atoms with Crippen molar-refractivity contribution in [1.29, 1.82) is 0 Å². The Hall–Kier alpha value is -1.84. The number of carbonyl (C=O) groups is 1. The maximum atomic E-state index is 13.5. The van der Waals surface area contributed by atoms with Gasteiger partial charge in [-0.2, -0.15) is 0 Å². The normalized spacial score (nSPS) is 15.4. The number of aromatic nitrogens is 1. The molecule has 2 aromatic rings. The Balaban J connectivity index is 2.37. The molecule has 0 radical (unpaired) electrons. The van der Waals surface area contributed by atoms with Gasteiger partial charge in [0, 0.05) is 11.1 Å². The minimum Gasteiger partial charge on any atom is -0.366 e. The zero-order valence-corrected chi connectivity index (χ0v) is 9.51. The number of aromatic amines is 1. The van der Waals surface area contributed by atoms with Crippen molar-refractivity contribution in [3.8, 4) is 0 Å². The topological polar surface area (TPSA) is 58.9 Å². The van der Waals surface area contributed by atoms with E-state index >= 15 is 0 Å². The van der Waals surface area contributed by atoms with E-state index in [9.17, 15) is 9.18 Å². The van der Waals surface area contributed by atoms with Gasteiger partial charge >= 0.3 is 0 Å². The molecule has 17 heavy (non-hydrogen) atoms. The Bertz CT molecular complexity index is 626. The number of halogens is 1. The van der Waals surface area contributed by atoms with Crippen molar-refractivity contribution in [3.05, 3.63) is 34.8 Å². The highest BCUT2D eigenvalue weighted by Crippen LogP contribution is 2.45. The average molecular weight is 232 g/mol. The molecule has 1 aliphatic carbocycles. The van der Waals surface area contributed by atoms with Gasteiger partial charge in [0.25, 0.3) is 5.91 Å². The Morgan fingerprint density at radius 2 is 2.18 bits per heavy atom. The fourth-order valence-electron chi connectivity index (χ4n) is 2.50. The van der Waals surface area contributed by atoms with Crippen molar-refractivity contribution >= 4 is 16.8 Å². The van der Waals surface area contributed by atoms with E-state index in [4.69, 9.17) is 5.73 Å². The maximum absolute atomic E-state index is 13.5. The van der Waals surface area contributed by atoms with Crippen LogP contribution in [0.5, 0.6) is 0 Å². The van der Waals surface area contributed by atoms with E-state index in [0.717, 1.165) is 29.5 Å². The van der Waals surface area contributed by atoms with Crippen LogP contribution in [0.2, 0.25) is 0 Å². The third-order valence-corrected chi connectivity index (χ3v) is 3.36. The molecule has 0 atom stereocenters. The van der Waals surface area contributed by atoms with E-state index in [-0.39, 0.29) is 5.56 Å². The van der Waals surface area contributed by atoms with Gasteiger partial charge in [0.2, 0.25) is 0 Å². The Labute approximate surface area is 97.8 Å². The first-order valence-electron chi connectivity index (χ1n) is 5.69. The highest BCUT2D eigenvalue weighted by molar-refractivity contribution is 6.06. The van der Waals surface area contributed by atoms with Crippen molar-refractivity contribution in [2.45, 2.75) is 25.7 Å². The molecule has 0 bridgehead atoms. The van der Waals surface area contributed by atoms with Crippen LogP contribution in [0.25, 0.3) is 10.9 Å². The number of nitrogens with one attached hydrogen (secondary N) is 1. The molecule has 0 unspecified atom stereocenters. The molecule has 1 fully saturated rings. The fourth-order valence-corrected chi connectivity index (χ4v) is 2.50. The average Bonchev–Trinajstić information content (AvgIpc) is 3.01. The zero-order chi connectivity index (χ0) is 12.2. The Morgan fingerprint density at radius 3 is 2.76 bits per heavy atom. The lowest BCUT2D eigenvalue weighted by molar-refractivity contribution is 0.100. The SMILES string of the molecule is Cc1[nH]c2c(C(N)=O)cc(F)cc2c1C1CC1. The summed E-state index contributed by atoms with van der Waals surface area (Å²) in [6.07, 6.45) is 2.27. The van der Waals surface area contributed by atoms with Gasteiger partial charge in [-0.3, -0.25) is 4.79 Å². The number of aryl methyl sites for hydroxylation is 1. The number of benzene rings is 1. The number of rotatable bonds is 2. The van der Waals surface area contributed by atoms with Gasteiger partial charge < -0.3 is 10.7 Å². The number of H-pyrrole nitrogens is 1. The molecule has 0 aliphatic heterocycles. The van der Waals surface area contributed by atoms with E-state index in [2.05, 4.69) is 4.98 Å². The van der Waals surface area contributed by atoms with Crippen LogP contribution < -0.4 is 5.73 Å². The minimum absolute atomic E-state index is 0.231. The van der Waals surface area contributed by atoms with Gasteiger partial charge in [-0.15, -0.1) is 0 Å². The summed E-state index contributed by atoms with van der Waals surface area (Å²) in [5.41, 5.74) is 8.32. The summed E-state index contributed by atoms with van der Waals surface area (Å²) >= 11 is 0. The van der Waals surface area contributed by atoms with Gasteiger partial charge in [0.1, 0.15) is 5.82 Å². The molecule has 1 heterocycles. The van der Waals surface area contributed by atoms with E-state index < -0.39 is 11.7 Å². The van der Waals surface area contributed by atoms with Crippen molar-refractivity contribution < 1.29 is 9.18 Å². The third-order valence-electron chi connectivity index (χ3n) is 3.36. The highest BCUT2D eigenvalue weighted by Gasteiger charge is 2.29. The zero-order valence-electron chi connectivity index (χ0n) is 9.51. The predicted octanol–water partition coefficient (Wildman–Crippen LogP) is 2.59. The predicted molar refractivity (Wildman–Crippen MR) is 63.5 cm³/mol. The summed E-state index contributed by atoms with van der Waals surface area (Å²) in [5, 5.41) is 0.804. The van der Waals surface area contributed by atoms with Gasteiger partial charge in [-0.25, -0.2) is 4.39 Å². The first kappa shape index (κ1) is 10.3. The van der Waals surface area contributed by atoms with Gasteiger partial charge in [-0.05, 0) is 43.4 Å². The molecule has 1 aliphatic rings. The van der Waals surface area contributed by atoms with Crippen LogP contribution in [0.3, 0.4) is 0 Å². The Morgan fingerprint density at radius 1 is 1.47 bits per heavy atom. The van der Waals surface area contributed by atoms with Crippen LogP contribution in [0.15, 0.2) is 12.1 Å². The summed E-state index contributed by atoms with van der Waals surface area (Å²) in [6.45, 7) is 1.95. The van der Waals surface area contributed by atoms with Crippen molar-refractivity contribution in [2.75, 3.05) is 0 Å². The highest BCUT2D eigenvalue weighted by atomic mass is 19.1. The lowest BCUT2D eigenvalue weighted by atomic mass is 10.0. The quantitative estimate of drug-likeness (QED) is 0.821. The molecule has 3 rings (SSSR count). The van der Waals surface area contributed by atoms with Gasteiger partial charge in [0.05, 0.1) is 11.1 Å². The monoisotopic (exact) mass is 232 g/mol. The molecule has 4 heteroatoms. The summed E-state index contributed by atoms with van der Waals surface area (Å²) < 4.78 is 13.5. The molecule has 1 amide bonds. The van der Waals surface area contributed by atoms with Gasteiger partial charge in [0.15, 0.2) is 0 Å². The molecule has 3 N–H and O–H groups in total. The second-order valence-electron chi connectivity index (χ2n) is 4.68. The van der Waals surface area contributed by atoms with Crippen molar-refractivity contribution in [1.82, 2.24) is 4.98 Å². The standard InChI is InChI=1S/C13H13FN2O/c1-6-11(7-2-3-7)9-4-8(14)5-10(13(15)17)12(9)16-6/h4-5,7,16H,2-3H2,1H3,(H2,15,17). The van der Waals surface area contributed by atoms with E-state index in [0.29, 0.717) is 11.4 Å². The largest absolute Gasteiger partial charge is 0.366 e. The number of fused-ring (bicyclic) bond motifs is 1. The van der Waals surface area contributed by atoms with Crippen LogP contribution in [-0.4, -0.2) is 10.9 Å². The number of primary amides is 1. The molecule has 0 saturated heterocycles. The molecule has 88 valence electrons. The van der Waals surface area contributed by atoms with Crippen LogP contribution in [0.1, 0.15) is 40.4 Å². The van der Waals surface area contributed by atoms with E-state index in [1.54, 1.807) is 0 Å². The molecule has 1 saturated carbocycles. The third kappa shape index (κ3) is 1.52. The summed E-state index contributed by atoms with van der Waals surface area (Å²) in [4.78, 5) is 14.5. The molecular formula is C13H13FN2O. The van der Waals surface area contributed by atoms with Crippen molar-refractivity contribution in [2.24, 2.45) is 5.73 Å². The van der Waals surface area contributed by atoms with Crippen LogP contribution in [0.4, 0.5) is 4.39 Å². The van der Waals surface area contributed by atoms with Crippen LogP contribution in [-0.2, 0) is 0 Å². The number of hydrogen-bond donors (Lipinski definition) is 2. The first-order chi connectivity index (χ1) is 8.08. The number of amides is 1. The fraction of sp³-hybridized carbons (Fsp3) is 0.308. The molecule has 3 nitrogen and oxygen atoms in total. The molecule has 0 spiro atoms. The number of hydrogen-bond acceptors (Lipinski definition) is 1. The summed E-state index contributed by atoms with van der Waals surface area (Å²) in [7, 11) is 0. The lowest BCUT2D eigenvalue weighted by Crippen LogP contribution is -2.11. The molecule has 1 aromatic carbocycles. The maximum Gasteiger partial charge on any atom is 0.250 e. The van der Waals surface area contributed by atoms with Crippen LogP contribution in [0, 0.1) is 12.7 Å². The van der Waals surface area contributed by atoms with Crippen molar-refractivity contribution in [3.63, 3.8) is 0 Å². The van der Waals surface area contributed by atoms with E-state index in [1.165, 1.54) is 12.1 Å². The molecule has 1 aromatic heterocycles. The summed E-state index contributed by atoms with van der Waals surface area (Å²) in [5.74, 6) is -0.503. The Kier molecular flexibility index (Phi) is 2.02. The second kappa shape index (κ2) is 3.32. The number of carbonyl (C=O) groups excluding carboxylic acids is 1. The lowest BCUT2D eigenvalue weighted by Gasteiger charge is -2.01. The summed E-state index contributed by atoms with van der Waals surface area (Å²) in [6, 6.07) is 2.68. The second-order valence-corrected chi connectivity index (χ2v) is 4.68. The van der Waals surface area contributed by atoms with Crippen LogP contribution >= 0.6 is 0 Å². The minimum atomic E-state index is -0.599. The first-order valence-corrected chi connectivity index (χ1v) is 5.69. The molecular weight excluding hydrogens is 219 g/mol.